The summed E-state index contributed by atoms with van der Waals surface area (Å²) in [6.45, 7) is 2.55. The second kappa shape index (κ2) is 9.67. The molecule has 0 saturated heterocycles. The van der Waals surface area contributed by atoms with Gasteiger partial charge in [-0.2, -0.15) is 0 Å². The zero-order chi connectivity index (χ0) is 19.8. The van der Waals surface area contributed by atoms with Crippen LogP contribution in [-0.4, -0.2) is 11.0 Å². The van der Waals surface area contributed by atoms with Crippen molar-refractivity contribution in [3.63, 3.8) is 0 Å². The zero-order valence-electron chi connectivity index (χ0n) is 15.6. The Kier molecular flexibility index (Phi) is 6.76. The molecule has 2 N–H and O–H groups in total. The fourth-order valence-corrected chi connectivity index (χ4v) is 2.84. The van der Waals surface area contributed by atoms with Crippen LogP contribution >= 0.6 is 12.2 Å². The third-order valence-electron chi connectivity index (χ3n) is 4.19. The highest BCUT2D eigenvalue weighted by Crippen LogP contribution is 2.15. The summed E-state index contributed by atoms with van der Waals surface area (Å²) in [6, 6.07) is 24.9. The number of benzene rings is 3. The van der Waals surface area contributed by atoms with Gasteiger partial charge in [0.05, 0.1) is 0 Å². The Bertz CT molecular complexity index is 940. The Hall–Kier alpha value is -3.18. The minimum Gasteiger partial charge on any atom is -0.489 e. The molecule has 0 aliphatic heterocycles. The Morgan fingerprint density at radius 3 is 2.39 bits per heavy atom. The second-order valence-corrected chi connectivity index (χ2v) is 6.67. The summed E-state index contributed by atoms with van der Waals surface area (Å²) in [6.07, 6.45) is 0.976. The molecule has 5 heteroatoms. The smallest absolute Gasteiger partial charge is 0.257 e. The lowest BCUT2D eigenvalue weighted by Crippen LogP contribution is -2.34. The first-order valence-electron chi connectivity index (χ1n) is 9.12. The minimum absolute atomic E-state index is 0.254. The number of carbonyl (C=O) groups excluding carboxylic acids is 1. The van der Waals surface area contributed by atoms with E-state index in [9.17, 15) is 4.79 Å². The van der Waals surface area contributed by atoms with E-state index in [0.29, 0.717) is 17.9 Å². The minimum atomic E-state index is -0.284. The summed E-state index contributed by atoms with van der Waals surface area (Å²) in [4.78, 5) is 12.5. The molecule has 4 nitrogen and oxygen atoms in total. The van der Waals surface area contributed by atoms with Crippen LogP contribution in [0.15, 0.2) is 78.9 Å². The van der Waals surface area contributed by atoms with E-state index in [4.69, 9.17) is 17.0 Å². The van der Waals surface area contributed by atoms with Crippen LogP contribution in [0.3, 0.4) is 0 Å². The molecule has 0 saturated carbocycles. The van der Waals surface area contributed by atoms with Gasteiger partial charge in [-0.25, -0.2) is 0 Å². The van der Waals surface area contributed by atoms with E-state index in [1.165, 1.54) is 5.56 Å². The predicted octanol–water partition coefficient (Wildman–Crippen LogP) is 4.95. The number of rotatable bonds is 6. The molecule has 3 aromatic rings. The summed E-state index contributed by atoms with van der Waals surface area (Å²) < 4.78 is 5.78. The topological polar surface area (TPSA) is 50.4 Å². The summed E-state index contributed by atoms with van der Waals surface area (Å²) in [5.74, 6) is 0.346. The van der Waals surface area contributed by atoms with Gasteiger partial charge in [0, 0.05) is 11.3 Å². The van der Waals surface area contributed by atoms with Gasteiger partial charge in [-0.1, -0.05) is 55.5 Å². The molecule has 28 heavy (non-hydrogen) atoms. The predicted molar refractivity (Wildman–Crippen MR) is 117 cm³/mol. The monoisotopic (exact) mass is 390 g/mol. The highest BCUT2D eigenvalue weighted by molar-refractivity contribution is 7.80. The van der Waals surface area contributed by atoms with Gasteiger partial charge in [0.1, 0.15) is 12.4 Å². The molecule has 3 aromatic carbocycles. The van der Waals surface area contributed by atoms with Gasteiger partial charge in [-0.05, 0) is 60.1 Å². The first kappa shape index (κ1) is 19.6. The van der Waals surface area contributed by atoms with Crippen molar-refractivity contribution in [1.82, 2.24) is 5.32 Å². The van der Waals surface area contributed by atoms with Crippen LogP contribution < -0.4 is 15.4 Å². The quantitative estimate of drug-likeness (QED) is 0.585. The molecular weight excluding hydrogens is 368 g/mol. The zero-order valence-corrected chi connectivity index (χ0v) is 16.5. The van der Waals surface area contributed by atoms with Crippen LogP contribution in [0.25, 0.3) is 0 Å². The van der Waals surface area contributed by atoms with Gasteiger partial charge in [0.2, 0.25) is 0 Å². The van der Waals surface area contributed by atoms with Gasteiger partial charge in [0.15, 0.2) is 5.11 Å². The van der Waals surface area contributed by atoms with Crippen LogP contribution in [-0.2, 0) is 13.0 Å². The van der Waals surface area contributed by atoms with Crippen molar-refractivity contribution >= 4 is 28.9 Å². The molecule has 0 radical (unpaired) electrons. The third-order valence-corrected chi connectivity index (χ3v) is 4.40. The van der Waals surface area contributed by atoms with E-state index >= 15 is 0 Å². The summed E-state index contributed by atoms with van der Waals surface area (Å²) in [5, 5.41) is 5.98. The van der Waals surface area contributed by atoms with Crippen molar-refractivity contribution in [3.05, 3.63) is 95.6 Å². The van der Waals surface area contributed by atoms with Crippen molar-refractivity contribution in [2.75, 3.05) is 5.32 Å². The lowest BCUT2D eigenvalue weighted by atomic mass is 10.1. The lowest BCUT2D eigenvalue weighted by Gasteiger charge is -2.11. The van der Waals surface area contributed by atoms with E-state index < -0.39 is 0 Å². The van der Waals surface area contributed by atoms with Gasteiger partial charge in [-0.15, -0.1) is 0 Å². The maximum atomic E-state index is 12.5. The largest absolute Gasteiger partial charge is 0.489 e. The molecule has 0 atom stereocenters. The van der Waals surface area contributed by atoms with Crippen LogP contribution in [0.5, 0.6) is 5.75 Å². The van der Waals surface area contributed by atoms with E-state index in [0.717, 1.165) is 17.7 Å². The Balaban J connectivity index is 1.56. The van der Waals surface area contributed by atoms with E-state index in [1.807, 2.05) is 60.7 Å². The number of nitrogens with one attached hydrogen (secondary N) is 2. The summed E-state index contributed by atoms with van der Waals surface area (Å²) in [7, 11) is 0. The average molecular weight is 391 g/mol. The van der Waals surface area contributed by atoms with Crippen LogP contribution in [0.1, 0.15) is 28.4 Å². The van der Waals surface area contributed by atoms with Crippen molar-refractivity contribution < 1.29 is 9.53 Å². The number of thiocarbonyl (C=S) groups is 1. The Morgan fingerprint density at radius 2 is 1.68 bits per heavy atom. The van der Waals surface area contributed by atoms with Gasteiger partial charge in [-0.3, -0.25) is 10.1 Å². The number of hydrogen-bond acceptors (Lipinski definition) is 3. The van der Waals surface area contributed by atoms with Gasteiger partial charge < -0.3 is 10.1 Å². The van der Waals surface area contributed by atoms with E-state index in [-0.39, 0.29) is 11.0 Å². The van der Waals surface area contributed by atoms with Crippen molar-refractivity contribution in [1.29, 1.82) is 0 Å². The molecule has 0 aromatic heterocycles. The van der Waals surface area contributed by atoms with Crippen molar-refractivity contribution in [3.8, 4) is 5.75 Å². The molecule has 1 amide bonds. The number of hydrogen-bond donors (Lipinski definition) is 2. The number of anilines is 1. The molecule has 3 rings (SSSR count). The number of amides is 1. The normalized spacial score (nSPS) is 10.2. The molecule has 0 bridgehead atoms. The van der Waals surface area contributed by atoms with Crippen LogP contribution in [0.2, 0.25) is 0 Å². The number of ether oxygens (including phenoxy) is 1. The van der Waals surface area contributed by atoms with E-state index in [2.05, 4.69) is 17.6 Å². The first-order valence-corrected chi connectivity index (χ1v) is 9.53. The van der Waals surface area contributed by atoms with E-state index in [1.54, 1.807) is 18.2 Å². The molecule has 0 unspecified atom stereocenters. The summed E-state index contributed by atoms with van der Waals surface area (Å²) in [5.41, 5.74) is 3.63. The lowest BCUT2D eigenvalue weighted by molar-refractivity contribution is 0.0977. The Labute approximate surface area is 170 Å². The SMILES string of the molecule is CCc1ccc(NC(=S)NC(=O)c2cccc(OCc3ccccc3)c2)cc1. The van der Waals surface area contributed by atoms with Crippen LogP contribution in [0.4, 0.5) is 5.69 Å². The van der Waals surface area contributed by atoms with Crippen molar-refractivity contribution in [2.24, 2.45) is 0 Å². The molecule has 0 heterocycles. The third kappa shape index (κ3) is 5.66. The average Bonchev–Trinajstić information content (AvgIpc) is 2.73. The molecular formula is C23H22N2O2S. The molecule has 0 aliphatic carbocycles. The van der Waals surface area contributed by atoms with Crippen molar-refractivity contribution in [2.45, 2.75) is 20.0 Å². The standard InChI is InChI=1S/C23H22N2O2S/c1-2-17-11-13-20(14-12-17)24-23(28)25-22(26)19-9-6-10-21(15-19)27-16-18-7-4-3-5-8-18/h3-15H,2,16H2,1H3,(H2,24,25,26,28). The molecule has 0 aliphatic rings. The van der Waals surface area contributed by atoms with Crippen LogP contribution in [0, 0.1) is 0 Å². The molecule has 142 valence electrons. The Morgan fingerprint density at radius 1 is 0.929 bits per heavy atom. The number of carbonyl (C=O) groups is 1. The highest BCUT2D eigenvalue weighted by atomic mass is 32.1. The maximum Gasteiger partial charge on any atom is 0.257 e. The first-order chi connectivity index (χ1) is 13.6. The molecule has 0 spiro atoms. The van der Waals surface area contributed by atoms with Gasteiger partial charge >= 0.3 is 0 Å². The maximum absolute atomic E-state index is 12.5. The summed E-state index contributed by atoms with van der Waals surface area (Å²) >= 11 is 5.25. The molecule has 0 fully saturated rings. The number of aryl methyl sites for hydroxylation is 1. The fourth-order valence-electron chi connectivity index (χ4n) is 2.63. The second-order valence-electron chi connectivity index (χ2n) is 6.26. The fraction of sp³-hybridized carbons (Fsp3) is 0.130. The highest BCUT2D eigenvalue weighted by Gasteiger charge is 2.09. The van der Waals surface area contributed by atoms with Gasteiger partial charge in [0.25, 0.3) is 5.91 Å².